The predicted octanol–water partition coefficient (Wildman–Crippen LogP) is 5.54. The van der Waals surface area contributed by atoms with Gasteiger partial charge in [0, 0.05) is 12.5 Å². The first-order valence-electron chi connectivity index (χ1n) is 9.17. The maximum atomic E-state index is 10.9. The van der Waals surface area contributed by atoms with E-state index in [2.05, 4.69) is 0 Å². The van der Waals surface area contributed by atoms with Crippen molar-refractivity contribution in [2.45, 2.75) is 32.5 Å². The fourth-order valence-corrected chi connectivity index (χ4v) is 2.88. The van der Waals surface area contributed by atoms with Gasteiger partial charge in [-0.3, -0.25) is 0 Å². The molecule has 0 fully saturated rings. The molecular formula is C24H24O3. The van der Waals surface area contributed by atoms with Crippen LogP contribution in [0.4, 0.5) is 0 Å². The third kappa shape index (κ3) is 5.45. The van der Waals surface area contributed by atoms with Crippen LogP contribution in [0.1, 0.15) is 36.0 Å². The van der Waals surface area contributed by atoms with Crippen molar-refractivity contribution in [3.63, 3.8) is 0 Å². The van der Waals surface area contributed by atoms with Crippen LogP contribution in [0.5, 0.6) is 11.5 Å². The highest BCUT2D eigenvalue weighted by Gasteiger charge is 2.13. The maximum absolute atomic E-state index is 10.9. The first kappa shape index (κ1) is 18.7. The molecule has 3 aromatic carbocycles. The van der Waals surface area contributed by atoms with Gasteiger partial charge >= 0.3 is 0 Å². The van der Waals surface area contributed by atoms with E-state index < -0.39 is 0 Å². The van der Waals surface area contributed by atoms with Gasteiger partial charge in [0.05, 0.1) is 0 Å². The van der Waals surface area contributed by atoms with Crippen molar-refractivity contribution in [2.24, 2.45) is 0 Å². The lowest BCUT2D eigenvalue weighted by Gasteiger charge is -2.17. The molecule has 3 heteroatoms. The van der Waals surface area contributed by atoms with Gasteiger partial charge in [-0.05, 0) is 28.7 Å². The van der Waals surface area contributed by atoms with Gasteiger partial charge in [0.15, 0.2) is 0 Å². The molecule has 0 bridgehead atoms. The summed E-state index contributed by atoms with van der Waals surface area (Å²) in [4.78, 5) is 10.9. The molecule has 0 aliphatic carbocycles. The summed E-state index contributed by atoms with van der Waals surface area (Å²) in [6.45, 7) is 3.01. The largest absolute Gasteiger partial charge is 0.489 e. The molecule has 27 heavy (non-hydrogen) atoms. The second-order valence-corrected chi connectivity index (χ2v) is 6.55. The molecule has 3 rings (SSSR count). The van der Waals surface area contributed by atoms with E-state index in [9.17, 15) is 4.79 Å². The van der Waals surface area contributed by atoms with Gasteiger partial charge in [-0.25, -0.2) is 0 Å². The fraction of sp³-hybridized carbons (Fsp3) is 0.208. The summed E-state index contributed by atoms with van der Waals surface area (Å²) in [5.41, 5.74) is 3.23. The van der Waals surface area contributed by atoms with E-state index in [1.807, 2.05) is 85.8 Å². The van der Waals surface area contributed by atoms with E-state index in [1.54, 1.807) is 0 Å². The molecule has 0 aliphatic rings. The van der Waals surface area contributed by atoms with Crippen LogP contribution in [-0.2, 0) is 18.0 Å². The number of hydrogen-bond donors (Lipinski definition) is 0. The molecule has 0 N–H and O–H groups in total. The molecule has 0 aromatic heterocycles. The molecule has 0 saturated carbocycles. The second-order valence-electron chi connectivity index (χ2n) is 6.55. The first-order chi connectivity index (χ1) is 13.3. The molecule has 1 unspecified atom stereocenters. The maximum Gasteiger partial charge on any atom is 0.126 e. The lowest BCUT2D eigenvalue weighted by molar-refractivity contribution is -0.108. The highest BCUT2D eigenvalue weighted by molar-refractivity contribution is 5.53. The summed E-state index contributed by atoms with van der Waals surface area (Å²) in [6.07, 6.45) is 1.41. The van der Waals surface area contributed by atoms with Gasteiger partial charge in [0.1, 0.15) is 31.0 Å². The summed E-state index contributed by atoms with van der Waals surface area (Å²) >= 11 is 0. The molecule has 138 valence electrons. The Bertz CT molecular complexity index is 844. The molecule has 0 aliphatic heterocycles. The van der Waals surface area contributed by atoms with Crippen LogP contribution < -0.4 is 9.47 Å². The van der Waals surface area contributed by atoms with Crippen LogP contribution in [0, 0.1) is 0 Å². The Labute approximate surface area is 160 Å². The standard InChI is InChI=1S/C24H24O3/c1-19(14-15-25)23-13-12-22(26-17-20-8-4-2-5-9-20)16-24(23)27-18-21-10-6-3-7-11-21/h2-13,15-16,19H,14,17-18H2,1H3. The zero-order chi connectivity index (χ0) is 18.9. The third-order valence-corrected chi connectivity index (χ3v) is 4.45. The fourth-order valence-electron chi connectivity index (χ4n) is 2.88. The van der Waals surface area contributed by atoms with Crippen molar-refractivity contribution in [1.29, 1.82) is 0 Å². The molecule has 0 spiro atoms. The van der Waals surface area contributed by atoms with Crippen LogP contribution in [0.2, 0.25) is 0 Å². The van der Waals surface area contributed by atoms with E-state index in [1.165, 1.54) is 0 Å². The SMILES string of the molecule is CC(CC=O)c1ccc(OCc2ccccc2)cc1OCc1ccccc1. The van der Waals surface area contributed by atoms with Crippen LogP contribution in [-0.4, -0.2) is 6.29 Å². The van der Waals surface area contributed by atoms with Gasteiger partial charge in [0.2, 0.25) is 0 Å². The van der Waals surface area contributed by atoms with Gasteiger partial charge in [-0.2, -0.15) is 0 Å². The Hall–Kier alpha value is -3.07. The molecular weight excluding hydrogens is 336 g/mol. The molecule has 3 nitrogen and oxygen atoms in total. The van der Waals surface area contributed by atoms with Crippen LogP contribution in [0.3, 0.4) is 0 Å². The summed E-state index contributed by atoms with van der Waals surface area (Å²) in [5.74, 6) is 1.61. The molecule has 0 amide bonds. The Morgan fingerprint density at radius 2 is 1.41 bits per heavy atom. The number of rotatable bonds is 9. The van der Waals surface area contributed by atoms with E-state index in [0.29, 0.717) is 19.6 Å². The van der Waals surface area contributed by atoms with E-state index in [0.717, 1.165) is 34.5 Å². The number of carbonyl (C=O) groups is 1. The summed E-state index contributed by atoms with van der Waals surface area (Å²) in [7, 11) is 0. The second kappa shape index (κ2) is 9.58. The normalized spacial score (nSPS) is 11.6. The molecule has 0 saturated heterocycles. The Kier molecular flexibility index (Phi) is 6.64. The highest BCUT2D eigenvalue weighted by atomic mass is 16.5. The van der Waals surface area contributed by atoms with Crippen LogP contribution in [0.25, 0.3) is 0 Å². The van der Waals surface area contributed by atoms with E-state index >= 15 is 0 Å². The molecule has 0 radical (unpaired) electrons. The quantitative estimate of drug-likeness (QED) is 0.470. The van der Waals surface area contributed by atoms with Gasteiger partial charge in [-0.15, -0.1) is 0 Å². The van der Waals surface area contributed by atoms with Gasteiger partial charge < -0.3 is 14.3 Å². The average Bonchev–Trinajstić information content (AvgIpc) is 2.72. The number of carbonyl (C=O) groups excluding carboxylic acids is 1. The van der Waals surface area contributed by atoms with Crippen molar-refractivity contribution in [2.75, 3.05) is 0 Å². The monoisotopic (exact) mass is 360 g/mol. The van der Waals surface area contributed by atoms with Crippen molar-refractivity contribution in [1.82, 2.24) is 0 Å². The van der Waals surface area contributed by atoms with Crippen molar-refractivity contribution in [3.8, 4) is 11.5 Å². The van der Waals surface area contributed by atoms with Crippen molar-refractivity contribution in [3.05, 3.63) is 95.6 Å². The average molecular weight is 360 g/mol. The van der Waals surface area contributed by atoms with Crippen molar-refractivity contribution < 1.29 is 14.3 Å². The summed E-state index contributed by atoms with van der Waals surface area (Å²) in [6, 6.07) is 25.9. The Balaban J connectivity index is 1.76. The zero-order valence-corrected chi connectivity index (χ0v) is 15.5. The minimum absolute atomic E-state index is 0.0939. The third-order valence-electron chi connectivity index (χ3n) is 4.45. The first-order valence-corrected chi connectivity index (χ1v) is 9.17. The number of hydrogen-bond acceptors (Lipinski definition) is 3. The minimum atomic E-state index is 0.0939. The van der Waals surface area contributed by atoms with E-state index in [4.69, 9.17) is 9.47 Å². The summed E-state index contributed by atoms with van der Waals surface area (Å²) in [5, 5.41) is 0. The number of benzene rings is 3. The van der Waals surface area contributed by atoms with Crippen molar-refractivity contribution >= 4 is 6.29 Å². The summed E-state index contributed by atoms with van der Waals surface area (Å²) < 4.78 is 12.0. The van der Waals surface area contributed by atoms with E-state index in [-0.39, 0.29) is 5.92 Å². The van der Waals surface area contributed by atoms with Gasteiger partial charge in [-0.1, -0.05) is 73.7 Å². The lowest BCUT2D eigenvalue weighted by Crippen LogP contribution is -2.03. The minimum Gasteiger partial charge on any atom is -0.489 e. The predicted molar refractivity (Wildman–Crippen MR) is 107 cm³/mol. The zero-order valence-electron chi connectivity index (χ0n) is 15.5. The highest BCUT2D eigenvalue weighted by Crippen LogP contribution is 2.33. The molecule has 1 atom stereocenters. The smallest absolute Gasteiger partial charge is 0.126 e. The molecule has 3 aromatic rings. The molecule has 0 heterocycles. The Morgan fingerprint density at radius 3 is 2.00 bits per heavy atom. The number of aldehydes is 1. The van der Waals surface area contributed by atoms with Crippen LogP contribution >= 0.6 is 0 Å². The van der Waals surface area contributed by atoms with Gasteiger partial charge in [0.25, 0.3) is 0 Å². The number of ether oxygens (including phenoxy) is 2. The Morgan fingerprint density at radius 1 is 0.815 bits per heavy atom. The van der Waals surface area contributed by atoms with Crippen LogP contribution in [0.15, 0.2) is 78.9 Å². The lowest BCUT2D eigenvalue weighted by atomic mass is 9.97. The topological polar surface area (TPSA) is 35.5 Å².